The Morgan fingerprint density at radius 1 is 1.50 bits per heavy atom. The van der Waals surface area contributed by atoms with Gasteiger partial charge in [0.1, 0.15) is 5.75 Å². The van der Waals surface area contributed by atoms with Crippen LogP contribution in [0.5, 0.6) is 5.75 Å². The molecule has 2 rings (SSSR count). The van der Waals surface area contributed by atoms with Gasteiger partial charge in [-0.25, -0.2) is 0 Å². The quantitative estimate of drug-likeness (QED) is 0.756. The van der Waals surface area contributed by atoms with Crippen molar-refractivity contribution < 1.29 is 14.6 Å². The molecule has 0 saturated carbocycles. The predicted molar refractivity (Wildman–Crippen MR) is 69.9 cm³/mol. The molecule has 0 unspecified atom stereocenters. The van der Waals surface area contributed by atoms with Crippen molar-refractivity contribution in [2.75, 3.05) is 30.4 Å². The van der Waals surface area contributed by atoms with E-state index in [-0.39, 0.29) is 24.5 Å². The lowest BCUT2D eigenvalue weighted by Crippen LogP contribution is -2.27. The molecule has 0 spiro atoms. The third-order valence-corrected chi connectivity index (χ3v) is 2.81. The normalized spacial score (nSPS) is 14.5. The molecule has 0 bridgehead atoms. The summed E-state index contributed by atoms with van der Waals surface area (Å²) in [6.45, 7) is 4.78. The zero-order chi connectivity index (χ0) is 13.2. The number of carbonyl (C=O) groups excluding carboxylic acids is 1. The van der Waals surface area contributed by atoms with E-state index in [1.165, 1.54) is 0 Å². The van der Waals surface area contributed by atoms with E-state index in [1.807, 2.05) is 32.0 Å². The summed E-state index contributed by atoms with van der Waals surface area (Å²) in [5.74, 6) is 0.539. The molecule has 1 amide bonds. The summed E-state index contributed by atoms with van der Waals surface area (Å²) in [4.78, 5) is 11.2. The summed E-state index contributed by atoms with van der Waals surface area (Å²) in [5.41, 5.74) is 1.38. The first kappa shape index (κ1) is 12.7. The number of fused-ring (bicyclic) bond motifs is 1. The Labute approximate surface area is 106 Å². The molecule has 0 fully saturated rings. The molecule has 0 atom stereocenters. The lowest BCUT2D eigenvalue weighted by atomic mass is 9.95. The fourth-order valence-electron chi connectivity index (χ4n) is 1.59. The topological polar surface area (TPSA) is 70.6 Å². The minimum absolute atomic E-state index is 0.0668. The number of ether oxygens (including phenoxy) is 1. The minimum atomic E-state index is -0.185. The maximum Gasteiger partial charge on any atom is 0.262 e. The summed E-state index contributed by atoms with van der Waals surface area (Å²) in [7, 11) is 0. The maximum absolute atomic E-state index is 11.2. The zero-order valence-electron chi connectivity index (χ0n) is 10.6. The van der Waals surface area contributed by atoms with Crippen LogP contribution < -0.4 is 15.4 Å². The van der Waals surface area contributed by atoms with Crippen molar-refractivity contribution in [3.63, 3.8) is 0 Å². The number of carbonyl (C=O) groups is 1. The molecule has 0 aromatic heterocycles. The van der Waals surface area contributed by atoms with Gasteiger partial charge in [-0.3, -0.25) is 4.79 Å². The fraction of sp³-hybridized carbons (Fsp3) is 0.462. The standard InChI is InChI=1S/C13H18N2O3/c1-13(2,8-16)7-14-9-3-4-11-10(5-9)15-12(17)6-18-11/h3-5,14,16H,6-8H2,1-2H3,(H,15,17). The van der Waals surface area contributed by atoms with E-state index in [2.05, 4.69) is 10.6 Å². The molecule has 98 valence electrons. The van der Waals surface area contributed by atoms with Crippen molar-refractivity contribution in [3.8, 4) is 5.75 Å². The van der Waals surface area contributed by atoms with Crippen molar-refractivity contribution in [2.24, 2.45) is 5.41 Å². The monoisotopic (exact) mass is 250 g/mol. The zero-order valence-corrected chi connectivity index (χ0v) is 10.6. The van der Waals surface area contributed by atoms with Crippen molar-refractivity contribution in [1.82, 2.24) is 0 Å². The molecule has 0 radical (unpaired) electrons. The lowest BCUT2D eigenvalue weighted by Gasteiger charge is -2.24. The van der Waals surface area contributed by atoms with Crippen LogP contribution in [0.3, 0.4) is 0 Å². The highest BCUT2D eigenvalue weighted by atomic mass is 16.5. The Morgan fingerprint density at radius 2 is 2.28 bits per heavy atom. The molecule has 0 aliphatic carbocycles. The van der Waals surface area contributed by atoms with E-state index in [0.29, 0.717) is 18.0 Å². The Bertz CT molecular complexity index is 458. The molecule has 1 aliphatic rings. The number of rotatable bonds is 4. The van der Waals surface area contributed by atoms with E-state index in [0.717, 1.165) is 5.69 Å². The third kappa shape index (κ3) is 2.92. The lowest BCUT2D eigenvalue weighted by molar-refractivity contribution is -0.118. The van der Waals surface area contributed by atoms with Crippen LogP contribution in [0.1, 0.15) is 13.8 Å². The molecule has 18 heavy (non-hydrogen) atoms. The molecule has 1 aliphatic heterocycles. The largest absolute Gasteiger partial charge is 0.482 e. The molecule has 1 heterocycles. The van der Waals surface area contributed by atoms with E-state index >= 15 is 0 Å². The second-order valence-electron chi connectivity index (χ2n) is 5.22. The highest BCUT2D eigenvalue weighted by Crippen LogP contribution is 2.30. The highest BCUT2D eigenvalue weighted by Gasteiger charge is 2.18. The Hall–Kier alpha value is -1.75. The number of hydrogen-bond acceptors (Lipinski definition) is 4. The molecule has 5 nitrogen and oxygen atoms in total. The number of amides is 1. The van der Waals surface area contributed by atoms with E-state index in [9.17, 15) is 9.90 Å². The van der Waals surface area contributed by atoms with Crippen LogP contribution in [-0.4, -0.2) is 30.8 Å². The van der Waals surface area contributed by atoms with Gasteiger partial charge in [-0.05, 0) is 18.2 Å². The van der Waals surface area contributed by atoms with E-state index in [1.54, 1.807) is 0 Å². The third-order valence-electron chi connectivity index (χ3n) is 2.81. The Balaban J connectivity index is 2.07. The first-order valence-electron chi connectivity index (χ1n) is 5.92. The summed E-state index contributed by atoms with van der Waals surface area (Å²) < 4.78 is 5.28. The smallest absolute Gasteiger partial charge is 0.262 e. The summed E-state index contributed by atoms with van der Waals surface area (Å²) >= 11 is 0. The minimum Gasteiger partial charge on any atom is -0.482 e. The number of aliphatic hydroxyl groups excluding tert-OH is 1. The van der Waals surface area contributed by atoms with Gasteiger partial charge in [0.05, 0.1) is 5.69 Å². The Kier molecular flexibility index (Phi) is 3.43. The number of nitrogens with one attached hydrogen (secondary N) is 2. The summed E-state index contributed by atoms with van der Waals surface area (Å²) in [6, 6.07) is 5.55. The molecule has 5 heteroatoms. The second-order valence-corrected chi connectivity index (χ2v) is 5.22. The van der Waals surface area contributed by atoms with Crippen molar-refractivity contribution in [2.45, 2.75) is 13.8 Å². The number of aliphatic hydroxyl groups is 1. The van der Waals surface area contributed by atoms with Gasteiger partial charge >= 0.3 is 0 Å². The van der Waals surface area contributed by atoms with Crippen LogP contribution in [0.25, 0.3) is 0 Å². The van der Waals surface area contributed by atoms with Crippen LogP contribution in [0, 0.1) is 5.41 Å². The molecular weight excluding hydrogens is 232 g/mol. The van der Waals surface area contributed by atoms with Gasteiger partial charge in [-0.2, -0.15) is 0 Å². The maximum atomic E-state index is 11.2. The van der Waals surface area contributed by atoms with Gasteiger partial charge < -0.3 is 20.5 Å². The van der Waals surface area contributed by atoms with Gasteiger partial charge in [0.25, 0.3) is 5.91 Å². The van der Waals surface area contributed by atoms with Crippen LogP contribution in [-0.2, 0) is 4.79 Å². The van der Waals surface area contributed by atoms with Gasteiger partial charge in [0, 0.05) is 24.3 Å². The van der Waals surface area contributed by atoms with E-state index in [4.69, 9.17) is 4.74 Å². The van der Waals surface area contributed by atoms with E-state index < -0.39 is 0 Å². The molecule has 3 N–H and O–H groups in total. The molecule has 1 aromatic rings. The average Bonchev–Trinajstić information content (AvgIpc) is 2.36. The second kappa shape index (κ2) is 4.86. The first-order valence-corrected chi connectivity index (χ1v) is 5.92. The molecular formula is C13H18N2O3. The van der Waals surface area contributed by atoms with Gasteiger partial charge in [0.2, 0.25) is 0 Å². The summed E-state index contributed by atoms with van der Waals surface area (Å²) in [5, 5.41) is 15.2. The van der Waals surface area contributed by atoms with Crippen molar-refractivity contribution >= 4 is 17.3 Å². The van der Waals surface area contributed by atoms with Crippen LogP contribution in [0.15, 0.2) is 18.2 Å². The average molecular weight is 250 g/mol. The number of benzene rings is 1. The summed E-state index contributed by atoms with van der Waals surface area (Å²) in [6.07, 6.45) is 0. The van der Waals surface area contributed by atoms with Crippen LogP contribution in [0.2, 0.25) is 0 Å². The number of anilines is 2. The Morgan fingerprint density at radius 3 is 3.00 bits per heavy atom. The highest BCUT2D eigenvalue weighted by molar-refractivity contribution is 5.95. The molecule has 0 saturated heterocycles. The van der Waals surface area contributed by atoms with Crippen molar-refractivity contribution in [1.29, 1.82) is 0 Å². The fourth-order valence-corrected chi connectivity index (χ4v) is 1.59. The van der Waals surface area contributed by atoms with Crippen LogP contribution >= 0.6 is 0 Å². The van der Waals surface area contributed by atoms with Gasteiger partial charge in [-0.1, -0.05) is 13.8 Å². The number of hydrogen-bond donors (Lipinski definition) is 3. The van der Waals surface area contributed by atoms with Gasteiger partial charge in [-0.15, -0.1) is 0 Å². The first-order chi connectivity index (χ1) is 8.50. The van der Waals surface area contributed by atoms with Crippen LogP contribution in [0.4, 0.5) is 11.4 Å². The SMILES string of the molecule is CC(C)(CO)CNc1ccc2c(c1)NC(=O)CO2. The van der Waals surface area contributed by atoms with Gasteiger partial charge in [0.15, 0.2) is 6.61 Å². The van der Waals surface area contributed by atoms with Crippen molar-refractivity contribution in [3.05, 3.63) is 18.2 Å². The molecule has 1 aromatic carbocycles. The predicted octanol–water partition coefficient (Wildman–Crippen LogP) is 1.45.